The van der Waals surface area contributed by atoms with Gasteiger partial charge in [0, 0.05) is 39.9 Å². The minimum absolute atomic E-state index is 0.619. The Balaban J connectivity index is 1.53. The molecular weight excluding hydrogens is 372 g/mol. The molecule has 162 valence electrons. The minimum atomic E-state index is 0.619. The fourth-order valence-corrected chi connectivity index (χ4v) is 3.64. The van der Waals surface area contributed by atoms with Crippen LogP contribution in [0.2, 0.25) is 0 Å². The van der Waals surface area contributed by atoms with Gasteiger partial charge in [-0.15, -0.1) is 0 Å². The standard InChI is InChI=1S/C24H36N6/c1-4-25-24(28-18-22-12-13-26-23(16-22)29(2)3)27-17-20-8-10-21(11-9-20)19-30-14-6-5-7-15-30/h8-13,16H,4-7,14-15,17-19H2,1-3H3,(H2,25,27,28). The molecule has 2 N–H and O–H groups in total. The second kappa shape index (κ2) is 11.6. The zero-order valence-corrected chi connectivity index (χ0v) is 18.7. The van der Waals surface area contributed by atoms with Crippen molar-refractivity contribution in [2.75, 3.05) is 38.6 Å². The van der Waals surface area contributed by atoms with Gasteiger partial charge < -0.3 is 15.5 Å². The number of benzene rings is 1. The van der Waals surface area contributed by atoms with Crippen LogP contribution in [0.15, 0.2) is 47.6 Å². The van der Waals surface area contributed by atoms with Gasteiger partial charge in [-0.1, -0.05) is 30.7 Å². The second-order valence-corrected chi connectivity index (χ2v) is 8.12. The van der Waals surface area contributed by atoms with Gasteiger partial charge in [0.25, 0.3) is 0 Å². The van der Waals surface area contributed by atoms with E-state index in [1.165, 1.54) is 43.5 Å². The van der Waals surface area contributed by atoms with E-state index in [2.05, 4.69) is 57.8 Å². The molecule has 2 aromatic rings. The summed E-state index contributed by atoms with van der Waals surface area (Å²) >= 11 is 0. The molecule has 1 aromatic heterocycles. The molecule has 0 atom stereocenters. The number of hydrogen-bond acceptors (Lipinski definition) is 4. The molecule has 0 spiro atoms. The molecule has 30 heavy (non-hydrogen) atoms. The Kier molecular flexibility index (Phi) is 8.51. The van der Waals surface area contributed by atoms with E-state index in [-0.39, 0.29) is 0 Å². The highest BCUT2D eigenvalue weighted by molar-refractivity contribution is 5.79. The van der Waals surface area contributed by atoms with E-state index in [1.54, 1.807) is 0 Å². The van der Waals surface area contributed by atoms with Crippen LogP contribution in [0.3, 0.4) is 0 Å². The number of hydrogen-bond donors (Lipinski definition) is 2. The summed E-state index contributed by atoms with van der Waals surface area (Å²) in [5, 5.41) is 6.78. The third kappa shape index (κ3) is 7.02. The van der Waals surface area contributed by atoms with Gasteiger partial charge in [0.2, 0.25) is 0 Å². The molecular formula is C24H36N6. The van der Waals surface area contributed by atoms with Crippen LogP contribution >= 0.6 is 0 Å². The second-order valence-electron chi connectivity index (χ2n) is 8.12. The highest BCUT2D eigenvalue weighted by Crippen LogP contribution is 2.14. The lowest BCUT2D eigenvalue weighted by Gasteiger charge is -2.26. The van der Waals surface area contributed by atoms with E-state index in [0.29, 0.717) is 6.54 Å². The number of anilines is 1. The monoisotopic (exact) mass is 408 g/mol. The predicted octanol–water partition coefficient (Wildman–Crippen LogP) is 3.39. The molecule has 1 fully saturated rings. The molecule has 0 bridgehead atoms. The van der Waals surface area contributed by atoms with Crippen LogP contribution in [0.25, 0.3) is 0 Å². The molecule has 0 amide bonds. The molecule has 0 radical (unpaired) electrons. The van der Waals surface area contributed by atoms with E-state index in [0.717, 1.165) is 37.0 Å². The molecule has 1 aromatic carbocycles. The molecule has 0 unspecified atom stereocenters. The third-order valence-electron chi connectivity index (χ3n) is 5.37. The minimum Gasteiger partial charge on any atom is -0.363 e. The first-order chi connectivity index (χ1) is 14.6. The number of piperidine rings is 1. The Bertz CT molecular complexity index is 794. The van der Waals surface area contributed by atoms with Crippen LogP contribution in [0.5, 0.6) is 0 Å². The lowest BCUT2D eigenvalue weighted by Crippen LogP contribution is -2.36. The van der Waals surface area contributed by atoms with E-state index in [4.69, 9.17) is 4.99 Å². The van der Waals surface area contributed by atoms with Gasteiger partial charge >= 0.3 is 0 Å². The number of rotatable bonds is 8. The van der Waals surface area contributed by atoms with E-state index in [9.17, 15) is 0 Å². The topological polar surface area (TPSA) is 55.8 Å². The third-order valence-corrected chi connectivity index (χ3v) is 5.37. The van der Waals surface area contributed by atoms with Crippen molar-refractivity contribution in [1.82, 2.24) is 20.5 Å². The molecule has 3 rings (SSSR count). The summed E-state index contributed by atoms with van der Waals surface area (Å²) in [6, 6.07) is 13.1. The first-order valence-electron chi connectivity index (χ1n) is 11.1. The first kappa shape index (κ1) is 22.1. The van der Waals surface area contributed by atoms with Crippen molar-refractivity contribution in [3.63, 3.8) is 0 Å². The maximum absolute atomic E-state index is 4.74. The fraction of sp³-hybridized carbons (Fsp3) is 0.500. The van der Waals surface area contributed by atoms with Gasteiger partial charge in [-0.05, 0) is 61.7 Å². The average molecular weight is 409 g/mol. The van der Waals surface area contributed by atoms with Crippen LogP contribution in [0.1, 0.15) is 42.9 Å². The molecule has 1 saturated heterocycles. The molecule has 0 aliphatic carbocycles. The summed E-state index contributed by atoms with van der Waals surface area (Å²) in [6.45, 7) is 7.84. The van der Waals surface area contributed by atoms with Crippen molar-refractivity contribution >= 4 is 11.8 Å². The summed E-state index contributed by atoms with van der Waals surface area (Å²) in [5.41, 5.74) is 3.81. The van der Waals surface area contributed by atoms with Gasteiger partial charge in [-0.3, -0.25) is 4.90 Å². The van der Waals surface area contributed by atoms with E-state index < -0.39 is 0 Å². The Morgan fingerprint density at radius 2 is 1.73 bits per heavy atom. The first-order valence-corrected chi connectivity index (χ1v) is 11.1. The molecule has 1 aliphatic rings. The number of nitrogens with zero attached hydrogens (tertiary/aromatic N) is 4. The summed E-state index contributed by atoms with van der Waals surface area (Å²) in [4.78, 5) is 13.7. The lowest BCUT2D eigenvalue weighted by molar-refractivity contribution is 0.221. The maximum Gasteiger partial charge on any atom is 0.191 e. The lowest BCUT2D eigenvalue weighted by atomic mass is 10.1. The SMILES string of the molecule is CCNC(=NCc1ccnc(N(C)C)c1)NCc1ccc(CN2CCCCC2)cc1. The van der Waals surface area contributed by atoms with Gasteiger partial charge in [0.05, 0.1) is 6.54 Å². The number of aliphatic imine (C=N–C) groups is 1. The number of pyridine rings is 1. The Morgan fingerprint density at radius 3 is 2.43 bits per heavy atom. The van der Waals surface area contributed by atoms with Crippen LogP contribution < -0.4 is 15.5 Å². The molecule has 2 heterocycles. The molecule has 6 nitrogen and oxygen atoms in total. The number of likely N-dealkylation sites (tertiary alicyclic amines) is 1. The van der Waals surface area contributed by atoms with Gasteiger partial charge in [-0.2, -0.15) is 0 Å². The quantitative estimate of drug-likeness (QED) is 0.518. The zero-order chi connectivity index (χ0) is 21.2. The van der Waals surface area contributed by atoms with Crippen molar-refractivity contribution in [2.45, 2.75) is 45.8 Å². The van der Waals surface area contributed by atoms with Crippen molar-refractivity contribution in [3.8, 4) is 0 Å². The highest BCUT2D eigenvalue weighted by atomic mass is 15.2. The van der Waals surface area contributed by atoms with Crippen molar-refractivity contribution in [3.05, 3.63) is 59.3 Å². The number of guanidine groups is 1. The van der Waals surface area contributed by atoms with Gasteiger partial charge in [-0.25, -0.2) is 9.98 Å². The Morgan fingerprint density at radius 1 is 1.00 bits per heavy atom. The average Bonchev–Trinajstić information content (AvgIpc) is 2.77. The van der Waals surface area contributed by atoms with Crippen LogP contribution in [0.4, 0.5) is 5.82 Å². The normalized spacial score (nSPS) is 15.1. The van der Waals surface area contributed by atoms with Crippen LogP contribution in [-0.2, 0) is 19.6 Å². The van der Waals surface area contributed by atoms with Crippen LogP contribution in [0, 0.1) is 0 Å². The Labute approximate surface area is 181 Å². The van der Waals surface area contributed by atoms with Gasteiger partial charge in [0.15, 0.2) is 5.96 Å². The zero-order valence-electron chi connectivity index (χ0n) is 18.7. The smallest absolute Gasteiger partial charge is 0.191 e. The van der Waals surface area contributed by atoms with E-state index in [1.807, 2.05) is 31.3 Å². The van der Waals surface area contributed by atoms with Crippen molar-refractivity contribution < 1.29 is 0 Å². The molecule has 6 heteroatoms. The number of aromatic nitrogens is 1. The summed E-state index contributed by atoms with van der Waals surface area (Å²) in [5.74, 6) is 1.78. The van der Waals surface area contributed by atoms with E-state index >= 15 is 0 Å². The van der Waals surface area contributed by atoms with Crippen molar-refractivity contribution in [2.24, 2.45) is 4.99 Å². The van der Waals surface area contributed by atoms with Crippen LogP contribution in [-0.4, -0.2) is 49.6 Å². The van der Waals surface area contributed by atoms with Crippen molar-refractivity contribution in [1.29, 1.82) is 0 Å². The predicted molar refractivity (Wildman–Crippen MR) is 126 cm³/mol. The summed E-state index contributed by atoms with van der Waals surface area (Å²) in [7, 11) is 4.00. The fourth-order valence-electron chi connectivity index (χ4n) is 3.64. The maximum atomic E-state index is 4.74. The molecule has 1 aliphatic heterocycles. The largest absolute Gasteiger partial charge is 0.363 e. The molecule has 0 saturated carbocycles. The van der Waals surface area contributed by atoms with Gasteiger partial charge in [0.1, 0.15) is 5.82 Å². The summed E-state index contributed by atoms with van der Waals surface area (Å²) in [6.07, 6.45) is 5.90. The Hall–Kier alpha value is -2.60. The summed E-state index contributed by atoms with van der Waals surface area (Å²) < 4.78 is 0. The highest BCUT2D eigenvalue weighted by Gasteiger charge is 2.10. The number of nitrogens with one attached hydrogen (secondary N) is 2.